The SMILES string of the molecule is NCCCCCCCCCc1cccc(C(F)(F)F)c1Cl. The molecule has 0 radical (unpaired) electrons. The number of aryl methyl sites for hydroxylation is 1. The van der Waals surface area contributed by atoms with Gasteiger partial charge in [-0.15, -0.1) is 0 Å². The fourth-order valence-electron chi connectivity index (χ4n) is 2.34. The van der Waals surface area contributed by atoms with Crippen molar-refractivity contribution in [2.45, 2.75) is 57.5 Å². The first-order chi connectivity index (χ1) is 9.96. The highest BCUT2D eigenvalue weighted by Gasteiger charge is 2.33. The second kappa shape index (κ2) is 9.31. The number of hydrogen-bond donors (Lipinski definition) is 1. The van der Waals surface area contributed by atoms with Gasteiger partial charge in [0.1, 0.15) is 0 Å². The molecule has 5 heteroatoms. The van der Waals surface area contributed by atoms with E-state index in [4.69, 9.17) is 17.3 Å². The average molecular weight is 322 g/mol. The molecule has 0 aromatic heterocycles. The van der Waals surface area contributed by atoms with E-state index in [2.05, 4.69) is 0 Å². The number of halogens is 4. The Labute approximate surface area is 129 Å². The van der Waals surface area contributed by atoms with Crippen molar-refractivity contribution >= 4 is 11.6 Å². The average Bonchev–Trinajstić information content (AvgIpc) is 2.42. The van der Waals surface area contributed by atoms with Crippen LogP contribution in [0.15, 0.2) is 18.2 Å². The van der Waals surface area contributed by atoms with Crippen molar-refractivity contribution < 1.29 is 13.2 Å². The van der Waals surface area contributed by atoms with Gasteiger partial charge >= 0.3 is 6.18 Å². The number of hydrogen-bond acceptors (Lipinski definition) is 1. The molecule has 0 bridgehead atoms. The number of nitrogens with two attached hydrogens (primary N) is 1. The van der Waals surface area contributed by atoms with Crippen LogP contribution in [0.3, 0.4) is 0 Å². The van der Waals surface area contributed by atoms with Crippen molar-refractivity contribution in [3.63, 3.8) is 0 Å². The van der Waals surface area contributed by atoms with Gasteiger partial charge in [0.2, 0.25) is 0 Å². The van der Waals surface area contributed by atoms with Gasteiger partial charge in [0.15, 0.2) is 0 Å². The van der Waals surface area contributed by atoms with Crippen LogP contribution in [0.25, 0.3) is 0 Å². The summed E-state index contributed by atoms with van der Waals surface area (Å²) in [5.74, 6) is 0. The van der Waals surface area contributed by atoms with Crippen LogP contribution in [0.4, 0.5) is 13.2 Å². The maximum atomic E-state index is 12.7. The van der Waals surface area contributed by atoms with Crippen LogP contribution in [0.2, 0.25) is 5.02 Å². The zero-order chi connectivity index (χ0) is 15.7. The van der Waals surface area contributed by atoms with Crippen LogP contribution >= 0.6 is 11.6 Å². The van der Waals surface area contributed by atoms with Crippen LogP contribution < -0.4 is 5.73 Å². The standard InChI is InChI=1S/C16H23ClF3N/c17-15-13(10-8-11-14(15)16(18,19)20)9-6-4-2-1-3-5-7-12-21/h8,10-11H,1-7,9,12,21H2. The third kappa shape index (κ3) is 6.70. The van der Waals surface area contributed by atoms with Gasteiger partial charge in [-0.05, 0) is 37.4 Å². The van der Waals surface area contributed by atoms with Gasteiger partial charge in [-0.2, -0.15) is 13.2 Å². The van der Waals surface area contributed by atoms with Crippen LogP contribution in [0.1, 0.15) is 56.1 Å². The first-order valence-corrected chi connectivity index (χ1v) is 7.89. The molecule has 0 unspecified atom stereocenters. The van der Waals surface area contributed by atoms with Crippen molar-refractivity contribution in [3.8, 4) is 0 Å². The monoisotopic (exact) mass is 321 g/mol. The molecule has 0 saturated heterocycles. The molecule has 1 nitrogen and oxygen atoms in total. The van der Waals surface area contributed by atoms with Gasteiger partial charge in [-0.25, -0.2) is 0 Å². The summed E-state index contributed by atoms with van der Waals surface area (Å²) in [6.45, 7) is 0.744. The summed E-state index contributed by atoms with van der Waals surface area (Å²) in [4.78, 5) is 0. The number of benzene rings is 1. The summed E-state index contributed by atoms with van der Waals surface area (Å²) in [6, 6.07) is 4.14. The Morgan fingerprint density at radius 3 is 2.05 bits per heavy atom. The summed E-state index contributed by atoms with van der Waals surface area (Å²) in [5, 5.41) is -0.145. The second-order valence-electron chi connectivity index (χ2n) is 5.29. The molecule has 21 heavy (non-hydrogen) atoms. The normalized spacial score (nSPS) is 11.9. The smallest absolute Gasteiger partial charge is 0.330 e. The fraction of sp³-hybridized carbons (Fsp3) is 0.625. The topological polar surface area (TPSA) is 26.0 Å². The van der Waals surface area contributed by atoms with E-state index < -0.39 is 11.7 Å². The Morgan fingerprint density at radius 2 is 1.48 bits per heavy atom. The maximum absolute atomic E-state index is 12.7. The number of unbranched alkanes of at least 4 members (excludes halogenated alkanes) is 6. The van der Waals surface area contributed by atoms with Crippen molar-refractivity contribution in [2.75, 3.05) is 6.54 Å². The molecule has 0 spiro atoms. The predicted molar refractivity (Wildman–Crippen MR) is 81.5 cm³/mol. The maximum Gasteiger partial charge on any atom is 0.417 e. The van der Waals surface area contributed by atoms with E-state index in [-0.39, 0.29) is 5.02 Å². The lowest BCUT2D eigenvalue weighted by molar-refractivity contribution is -0.137. The highest BCUT2D eigenvalue weighted by molar-refractivity contribution is 6.32. The van der Waals surface area contributed by atoms with E-state index >= 15 is 0 Å². The molecular weight excluding hydrogens is 299 g/mol. The van der Waals surface area contributed by atoms with Crippen molar-refractivity contribution in [1.82, 2.24) is 0 Å². The second-order valence-corrected chi connectivity index (χ2v) is 5.67. The molecule has 1 aromatic carbocycles. The van der Waals surface area contributed by atoms with Crippen LogP contribution in [0, 0.1) is 0 Å². The van der Waals surface area contributed by atoms with E-state index in [1.165, 1.54) is 12.5 Å². The third-order valence-corrected chi connectivity index (χ3v) is 3.98. The summed E-state index contributed by atoms with van der Waals surface area (Å²) < 4.78 is 38.2. The highest BCUT2D eigenvalue weighted by Crippen LogP contribution is 2.36. The van der Waals surface area contributed by atoms with Gasteiger partial charge < -0.3 is 5.73 Å². The van der Waals surface area contributed by atoms with E-state index in [9.17, 15) is 13.2 Å². The summed E-state index contributed by atoms with van der Waals surface area (Å²) in [6.07, 6.45) is 3.81. The van der Waals surface area contributed by atoms with E-state index in [1.54, 1.807) is 6.07 Å². The molecule has 0 atom stereocenters. The van der Waals surface area contributed by atoms with E-state index in [0.29, 0.717) is 12.0 Å². The van der Waals surface area contributed by atoms with Crippen LogP contribution in [0.5, 0.6) is 0 Å². The molecule has 0 fully saturated rings. The zero-order valence-corrected chi connectivity index (χ0v) is 12.9. The lowest BCUT2D eigenvalue weighted by atomic mass is 10.0. The summed E-state index contributed by atoms with van der Waals surface area (Å²) >= 11 is 5.86. The minimum Gasteiger partial charge on any atom is -0.330 e. The van der Waals surface area contributed by atoms with Gasteiger partial charge in [0.25, 0.3) is 0 Å². The van der Waals surface area contributed by atoms with Crippen molar-refractivity contribution in [3.05, 3.63) is 34.3 Å². The van der Waals surface area contributed by atoms with E-state index in [1.807, 2.05) is 0 Å². The van der Waals surface area contributed by atoms with E-state index in [0.717, 1.165) is 51.1 Å². The Kier molecular flexibility index (Phi) is 8.12. The molecule has 1 aromatic rings. The van der Waals surface area contributed by atoms with Crippen LogP contribution in [-0.4, -0.2) is 6.54 Å². The Bertz CT molecular complexity index is 418. The van der Waals surface area contributed by atoms with Gasteiger partial charge in [-0.3, -0.25) is 0 Å². The molecule has 120 valence electrons. The first-order valence-electron chi connectivity index (χ1n) is 7.51. The largest absolute Gasteiger partial charge is 0.417 e. The highest BCUT2D eigenvalue weighted by atomic mass is 35.5. The molecule has 0 heterocycles. The molecule has 0 aliphatic carbocycles. The molecule has 0 aliphatic rings. The van der Waals surface area contributed by atoms with Crippen molar-refractivity contribution in [1.29, 1.82) is 0 Å². The zero-order valence-electron chi connectivity index (χ0n) is 12.2. The lowest BCUT2D eigenvalue weighted by Crippen LogP contribution is -2.07. The molecule has 0 amide bonds. The molecule has 0 saturated carbocycles. The minimum atomic E-state index is -4.38. The molecule has 2 N–H and O–H groups in total. The minimum absolute atomic E-state index is 0.145. The van der Waals surface area contributed by atoms with Gasteiger partial charge in [-0.1, -0.05) is 55.8 Å². The fourth-order valence-corrected chi connectivity index (χ4v) is 2.66. The number of alkyl halides is 3. The quantitative estimate of drug-likeness (QED) is 0.589. The number of rotatable bonds is 9. The van der Waals surface area contributed by atoms with Crippen molar-refractivity contribution in [2.24, 2.45) is 5.73 Å². The third-order valence-electron chi connectivity index (χ3n) is 3.53. The molecule has 0 aliphatic heterocycles. The Hall–Kier alpha value is -0.740. The Morgan fingerprint density at radius 1 is 0.905 bits per heavy atom. The summed E-state index contributed by atoms with van der Waals surface area (Å²) in [7, 11) is 0. The molecule has 1 rings (SSSR count). The molecular formula is C16H23ClF3N. The Balaban J connectivity index is 2.33. The van der Waals surface area contributed by atoms with Crippen LogP contribution in [-0.2, 0) is 12.6 Å². The first kappa shape index (κ1) is 18.3. The lowest BCUT2D eigenvalue weighted by Gasteiger charge is -2.12. The van der Waals surface area contributed by atoms with Gasteiger partial charge in [0, 0.05) is 0 Å². The summed E-state index contributed by atoms with van der Waals surface area (Å²) in [5.41, 5.74) is 5.28. The predicted octanol–water partition coefficient (Wildman–Crippen LogP) is 5.59. The van der Waals surface area contributed by atoms with Gasteiger partial charge in [0.05, 0.1) is 10.6 Å².